The van der Waals surface area contributed by atoms with Crippen molar-refractivity contribution in [2.24, 2.45) is 5.73 Å². The van der Waals surface area contributed by atoms with Crippen molar-refractivity contribution < 1.29 is 39.9 Å². The Bertz CT molecular complexity index is 1360. The molecule has 10 N–H and O–H groups in total. The van der Waals surface area contributed by atoms with Gasteiger partial charge in [0.2, 0.25) is 11.8 Å². The number of anilines is 3. The van der Waals surface area contributed by atoms with E-state index in [1.54, 1.807) is 12.1 Å². The molecule has 3 amide bonds. The zero-order valence-electron chi connectivity index (χ0n) is 26.3. The van der Waals surface area contributed by atoms with Crippen molar-refractivity contribution in [2.45, 2.75) is 64.5 Å². The third-order valence-electron chi connectivity index (χ3n) is 6.59. The van der Waals surface area contributed by atoms with Crippen molar-refractivity contribution in [3.8, 4) is 0 Å². The number of aromatic nitrogens is 2. The number of benzene rings is 1. The van der Waals surface area contributed by atoms with Crippen molar-refractivity contribution in [1.29, 1.82) is 0 Å². The lowest BCUT2D eigenvalue weighted by atomic mass is 10.0. The van der Waals surface area contributed by atoms with Crippen LogP contribution in [0.5, 0.6) is 0 Å². The number of primary amides is 1. The van der Waals surface area contributed by atoms with Crippen LogP contribution in [0, 0.1) is 0 Å². The van der Waals surface area contributed by atoms with E-state index in [0.717, 1.165) is 30.5 Å². The lowest BCUT2D eigenvalue weighted by Gasteiger charge is -2.37. The number of rotatable bonds is 16. The molecule has 0 aliphatic heterocycles. The fraction of sp³-hybridized carbons (Fsp3) is 0.464. The van der Waals surface area contributed by atoms with Gasteiger partial charge in [0.1, 0.15) is 11.9 Å². The molecule has 1 aromatic heterocycles. The maximum Gasteiger partial charge on any atom is 0.349 e. The number of nitrogens with one attached hydrogen (secondary N) is 3. The second-order valence-electron chi connectivity index (χ2n) is 10.8. The lowest BCUT2D eigenvalue weighted by molar-refractivity contribution is -0.440. The van der Waals surface area contributed by atoms with Crippen molar-refractivity contribution >= 4 is 42.9 Å². The van der Waals surface area contributed by atoms with E-state index in [1.165, 1.54) is 14.0 Å². The molecule has 1 aromatic carbocycles. The Kier molecular flexibility index (Phi) is 13.0. The van der Waals surface area contributed by atoms with E-state index in [1.807, 2.05) is 32.9 Å². The molecule has 2 aromatic rings. The van der Waals surface area contributed by atoms with Gasteiger partial charge in [0, 0.05) is 37.9 Å². The molecule has 1 heterocycles. The van der Waals surface area contributed by atoms with Crippen molar-refractivity contribution in [3.05, 3.63) is 53.4 Å². The van der Waals surface area contributed by atoms with Gasteiger partial charge in [-0.2, -0.15) is 4.90 Å². The van der Waals surface area contributed by atoms with Crippen LogP contribution in [0.25, 0.3) is 0 Å². The highest BCUT2D eigenvalue weighted by Gasteiger charge is 2.40. The molecule has 16 nitrogen and oxygen atoms in total. The minimum atomic E-state index is -3.56. The number of nitrogens with two attached hydrogens (primary N) is 1. The van der Waals surface area contributed by atoms with E-state index >= 15 is 0 Å². The molecule has 17 heteroatoms. The molecule has 45 heavy (non-hydrogen) atoms. The molecule has 0 saturated heterocycles. The predicted molar refractivity (Wildman–Crippen MR) is 168 cm³/mol. The monoisotopic (exact) mass is 630 g/mol. The van der Waals surface area contributed by atoms with Gasteiger partial charge >= 0.3 is 6.10 Å². The topological polar surface area (TPSA) is 247 Å². The number of carbonyl (C=O) groups excluding carboxylic acids is 3. The maximum atomic E-state index is 12.7. The first-order valence-corrected chi connectivity index (χ1v) is 14.3. The lowest BCUT2D eigenvalue weighted by Crippen LogP contribution is -2.61. The quantitative estimate of drug-likeness (QED) is 0.0548. The van der Waals surface area contributed by atoms with Gasteiger partial charge in [-0.15, -0.1) is 0 Å². The first-order chi connectivity index (χ1) is 20.8. The average molecular weight is 631 g/mol. The van der Waals surface area contributed by atoms with Gasteiger partial charge in [0.25, 0.3) is 5.91 Å². The first kappa shape index (κ1) is 37.1. The second kappa shape index (κ2) is 15.7. The molecule has 246 valence electrons. The summed E-state index contributed by atoms with van der Waals surface area (Å²) in [5.41, 5.74) is 7.70. The second-order valence-corrected chi connectivity index (χ2v) is 10.8. The van der Waals surface area contributed by atoms with E-state index in [0.29, 0.717) is 30.0 Å². The number of nitrogens with zero attached hydrogens (tertiary/aromatic N) is 4. The number of aliphatic hydroxyl groups is 5. The molecule has 0 unspecified atom stereocenters. The Labute approximate surface area is 262 Å². The van der Waals surface area contributed by atoms with Gasteiger partial charge in [-0.1, -0.05) is 25.1 Å². The predicted octanol–water partition coefficient (Wildman–Crippen LogP) is -2.12. The van der Waals surface area contributed by atoms with Crippen molar-refractivity contribution in [2.75, 3.05) is 30.8 Å². The van der Waals surface area contributed by atoms with Gasteiger partial charge in [0.05, 0.1) is 5.69 Å². The summed E-state index contributed by atoms with van der Waals surface area (Å²) in [6.07, 6.45) is -0.521. The number of carbonyl (C=O) groups is 3. The number of amides is 3. The normalized spacial score (nSPS) is 12.8. The fourth-order valence-corrected chi connectivity index (χ4v) is 4.11. The van der Waals surface area contributed by atoms with Gasteiger partial charge < -0.3 is 52.1 Å². The molecule has 0 spiro atoms. The van der Waals surface area contributed by atoms with Crippen LogP contribution in [-0.2, 0) is 22.4 Å². The summed E-state index contributed by atoms with van der Waals surface area (Å²) >= 11 is 0. The molecular weight excluding hydrogens is 587 g/mol. The molecule has 1 atom stereocenters. The van der Waals surface area contributed by atoms with Crippen LogP contribution in [0.1, 0.15) is 49.4 Å². The Morgan fingerprint density at radius 2 is 1.76 bits per heavy atom. The minimum absolute atomic E-state index is 0.0159. The maximum absolute atomic E-state index is 12.7. The minimum Gasteiger partial charge on any atom is -0.366 e. The molecule has 0 radical (unpaired) electrons. The summed E-state index contributed by atoms with van der Waals surface area (Å²) in [6.45, 7) is 6.97. The SMILES string of the molecule is BC(O)(O)N(C/C=C/C(=O)N(C)[C@@H](C)C(=O)NCCc1cccc(Nc2nc(NC(C)C)c(CC)nc2C(N)=O)c1)C(O)(O)O. The zero-order valence-corrected chi connectivity index (χ0v) is 26.3. The van der Waals surface area contributed by atoms with Crippen LogP contribution >= 0.6 is 0 Å². The van der Waals surface area contributed by atoms with Crippen LogP contribution in [-0.4, -0.2) is 115 Å². The third-order valence-corrected chi connectivity index (χ3v) is 6.59. The van der Waals surface area contributed by atoms with Gasteiger partial charge in [-0.25, -0.2) is 9.97 Å². The number of hydrogen-bond donors (Lipinski definition) is 9. The molecule has 0 bridgehead atoms. The van der Waals surface area contributed by atoms with Crippen molar-refractivity contribution in [3.63, 3.8) is 0 Å². The molecule has 0 fully saturated rings. The summed E-state index contributed by atoms with van der Waals surface area (Å²) in [5, 5.41) is 56.1. The van der Waals surface area contributed by atoms with E-state index in [-0.39, 0.29) is 29.0 Å². The molecule has 0 aliphatic rings. The molecule has 2 rings (SSSR count). The standard InChI is InChI=1S/C28H43BN8O8/c1-6-20-24(32-16(2)3)35-25(22(34-20)23(30)39)33-19-10-7-9-18(15-19)12-13-31-26(40)17(4)36(5)21(38)11-8-14-37(27(29,41)42)28(43,44)45/h7-11,15-17,41-45H,6,12-14,29H2,1-5H3,(H2,30,39)(H,31,40)(H2,32,33,35)/b11-8+/t17-/m0/s1. The van der Waals surface area contributed by atoms with Crippen LogP contribution in [0.15, 0.2) is 36.4 Å². The molecular formula is C28H43BN8O8. The van der Waals surface area contributed by atoms with E-state index in [4.69, 9.17) is 5.73 Å². The number of hydrogen-bond acceptors (Lipinski definition) is 13. The fourth-order valence-electron chi connectivity index (χ4n) is 4.11. The first-order valence-electron chi connectivity index (χ1n) is 14.3. The zero-order chi connectivity index (χ0) is 34.1. The highest BCUT2D eigenvalue weighted by Crippen LogP contribution is 2.23. The van der Waals surface area contributed by atoms with Gasteiger partial charge in [-0.3, -0.25) is 14.4 Å². The summed E-state index contributed by atoms with van der Waals surface area (Å²) in [7, 11) is 2.17. The largest absolute Gasteiger partial charge is 0.366 e. The highest BCUT2D eigenvalue weighted by atomic mass is 16.7. The van der Waals surface area contributed by atoms with Crippen LogP contribution in [0.2, 0.25) is 0 Å². The molecule has 0 aliphatic carbocycles. The summed E-state index contributed by atoms with van der Waals surface area (Å²) in [4.78, 5) is 47.6. The Balaban J connectivity index is 2.02. The smallest absolute Gasteiger partial charge is 0.349 e. The van der Waals surface area contributed by atoms with Crippen LogP contribution in [0.3, 0.4) is 0 Å². The third kappa shape index (κ3) is 11.1. The Morgan fingerprint density at radius 3 is 2.31 bits per heavy atom. The number of aryl methyl sites for hydroxylation is 1. The van der Waals surface area contributed by atoms with Gasteiger partial charge in [0.15, 0.2) is 25.2 Å². The molecule has 0 saturated carbocycles. The van der Waals surface area contributed by atoms with E-state index in [9.17, 15) is 39.9 Å². The summed E-state index contributed by atoms with van der Waals surface area (Å²) in [5.74, 6) is -3.83. The Morgan fingerprint density at radius 1 is 1.09 bits per heavy atom. The van der Waals surface area contributed by atoms with Gasteiger partial charge in [-0.05, 0) is 51.3 Å². The highest BCUT2D eigenvalue weighted by molar-refractivity contribution is 6.12. The summed E-state index contributed by atoms with van der Waals surface area (Å²) in [6, 6.07) is 6.49. The van der Waals surface area contributed by atoms with Crippen LogP contribution in [0.4, 0.5) is 17.3 Å². The van der Waals surface area contributed by atoms with E-state index < -0.39 is 42.2 Å². The average Bonchev–Trinajstić information content (AvgIpc) is 2.92. The van der Waals surface area contributed by atoms with Crippen LogP contribution < -0.4 is 21.7 Å². The van der Waals surface area contributed by atoms with Crippen molar-refractivity contribution in [1.82, 2.24) is 25.1 Å². The van der Waals surface area contributed by atoms with E-state index in [2.05, 4.69) is 25.9 Å². The number of likely N-dealkylation sites (N-methyl/N-ethyl adjacent to an activating group) is 1. The summed E-state index contributed by atoms with van der Waals surface area (Å²) < 4.78 is 0. The Hall–Kier alpha value is -4.13.